The first-order valence-corrected chi connectivity index (χ1v) is 15.7. The van der Waals surface area contributed by atoms with Crippen molar-refractivity contribution >= 4 is 25.9 Å². The van der Waals surface area contributed by atoms with Crippen LogP contribution >= 0.6 is 0 Å². The van der Waals surface area contributed by atoms with Crippen LogP contribution in [0.3, 0.4) is 0 Å². The van der Waals surface area contributed by atoms with Gasteiger partial charge in [-0.05, 0) is 42.3 Å². The SMILES string of the molecule is CCCC[Si](O[Si](C)(C)C(C)(C)C)O[Si](C)(C)C(C)(C)C. The number of unbranched alkanes of at least 4 members (excludes halogenated alkanes) is 1. The van der Waals surface area contributed by atoms with Gasteiger partial charge in [-0.3, -0.25) is 0 Å². The molecule has 1 radical (unpaired) electrons. The van der Waals surface area contributed by atoms with Gasteiger partial charge in [0, 0.05) is 0 Å². The molecule has 0 aromatic rings. The molecule has 0 unspecified atom stereocenters. The predicted octanol–water partition coefficient (Wildman–Crippen LogP) is 6.32. The Balaban J connectivity index is 5.07. The number of rotatable bonds is 7. The molecule has 0 amide bonds. The third-order valence-electron chi connectivity index (χ3n) is 5.08. The van der Waals surface area contributed by atoms with Crippen molar-refractivity contribution < 1.29 is 8.23 Å². The van der Waals surface area contributed by atoms with Crippen LogP contribution in [0.15, 0.2) is 0 Å². The summed E-state index contributed by atoms with van der Waals surface area (Å²) in [4.78, 5) is 0. The fourth-order valence-electron chi connectivity index (χ4n) is 1.32. The maximum absolute atomic E-state index is 6.69. The molecule has 0 heterocycles. The minimum Gasteiger partial charge on any atom is -0.435 e. The molecule has 0 aliphatic heterocycles. The fraction of sp³-hybridized carbons (Fsp3) is 1.00. The summed E-state index contributed by atoms with van der Waals surface area (Å²) >= 11 is 0. The summed E-state index contributed by atoms with van der Waals surface area (Å²) in [5.41, 5.74) is 0. The minimum atomic E-state index is -1.73. The van der Waals surface area contributed by atoms with Crippen LogP contribution in [0.25, 0.3) is 0 Å². The Morgan fingerprint density at radius 2 is 1.10 bits per heavy atom. The lowest BCUT2D eigenvalue weighted by Crippen LogP contribution is -2.52. The highest BCUT2D eigenvalue weighted by Gasteiger charge is 2.44. The molecule has 5 heteroatoms. The van der Waals surface area contributed by atoms with Crippen LogP contribution in [0.2, 0.25) is 42.3 Å². The summed E-state index contributed by atoms with van der Waals surface area (Å²) in [6, 6.07) is 1.13. The molecule has 0 N–H and O–H groups in total. The van der Waals surface area contributed by atoms with Crippen LogP contribution in [0.4, 0.5) is 0 Å². The van der Waals surface area contributed by atoms with Gasteiger partial charge in [0.2, 0.25) is 0 Å². The van der Waals surface area contributed by atoms with Gasteiger partial charge in [-0.1, -0.05) is 61.3 Å². The first-order valence-electron chi connectivity index (χ1n) is 8.38. The summed E-state index contributed by atoms with van der Waals surface area (Å²) in [6.07, 6.45) is 2.44. The van der Waals surface area contributed by atoms with Crippen molar-refractivity contribution in [2.45, 2.75) is 104 Å². The van der Waals surface area contributed by atoms with Crippen LogP contribution in [-0.2, 0) is 8.23 Å². The molecule has 0 aromatic carbocycles. The van der Waals surface area contributed by atoms with Crippen molar-refractivity contribution in [3.8, 4) is 0 Å². The largest absolute Gasteiger partial charge is 0.435 e. The van der Waals surface area contributed by atoms with Crippen LogP contribution < -0.4 is 0 Å². The van der Waals surface area contributed by atoms with Gasteiger partial charge >= 0.3 is 9.28 Å². The molecule has 0 aliphatic rings. The van der Waals surface area contributed by atoms with E-state index in [2.05, 4.69) is 74.7 Å². The topological polar surface area (TPSA) is 18.5 Å². The molecule has 0 aliphatic carbocycles. The van der Waals surface area contributed by atoms with E-state index in [0.717, 1.165) is 6.04 Å². The summed E-state index contributed by atoms with van der Waals surface area (Å²) in [7, 11) is -4.63. The highest BCUT2D eigenvalue weighted by molar-refractivity contribution is 6.84. The zero-order valence-corrected chi connectivity index (χ0v) is 19.4. The van der Waals surface area contributed by atoms with E-state index in [1.54, 1.807) is 0 Å². The van der Waals surface area contributed by atoms with Crippen molar-refractivity contribution in [1.29, 1.82) is 0 Å². The maximum Gasteiger partial charge on any atom is 0.362 e. The number of hydrogen-bond acceptors (Lipinski definition) is 2. The Kier molecular flexibility index (Phi) is 7.63. The van der Waals surface area contributed by atoms with Gasteiger partial charge in [0.25, 0.3) is 0 Å². The monoisotopic (exact) mass is 347 g/mol. The van der Waals surface area contributed by atoms with Gasteiger partial charge in [0.15, 0.2) is 16.6 Å². The Labute approximate surface area is 138 Å². The first-order chi connectivity index (χ1) is 9.14. The van der Waals surface area contributed by atoms with Crippen LogP contribution in [0, 0.1) is 0 Å². The Morgan fingerprint density at radius 1 is 0.762 bits per heavy atom. The summed E-state index contributed by atoms with van der Waals surface area (Å²) < 4.78 is 13.4. The van der Waals surface area contributed by atoms with E-state index in [1.807, 2.05) is 0 Å². The normalized spacial score (nSPS) is 14.9. The molecule has 0 rings (SSSR count). The second-order valence-corrected chi connectivity index (χ2v) is 21.1. The van der Waals surface area contributed by atoms with E-state index in [4.69, 9.17) is 8.23 Å². The molecule has 127 valence electrons. The highest BCUT2D eigenvalue weighted by Crippen LogP contribution is 2.40. The maximum atomic E-state index is 6.69. The summed E-state index contributed by atoms with van der Waals surface area (Å²) in [6.45, 7) is 25.5. The van der Waals surface area contributed by atoms with Crippen molar-refractivity contribution in [2.75, 3.05) is 0 Å². The van der Waals surface area contributed by atoms with Crippen molar-refractivity contribution in [2.24, 2.45) is 0 Å². The van der Waals surface area contributed by atoms with E-state index in [9.17, 15) is 0 Å². The van der Waals surface area contributed by atoms with Crippen LogP contribution in [-0.4, -0.2) is 25.9 Å². The molecule has 0 atom stereocenters. The average Bonchev–Trinajstić information content (AvgIpc) is 2.21. The smallest absolute Gasteiger partial charge is 0.362 e. The Bertz CT molecular complexity index is 286. The quantitative estimate of drug-likeness (QED) is 0.502. The zero-order valence-electron chi connectivity index (χ0n) is 16.4. The van der Waals surface area contributed by atoms with Gasteiger partial charge in [-0.15, -0.1) is 0 Å². The van der Waals surface area contributed by atoms with Gasteiger partial charge in [-0.25, -0.2) is 0 Å². The number of hydrogen-bond donors (Lipinski definition) is 0. The fourth-order valence-corrected chi connectivity index (χ4v) is 10.3. The van der Waals surface area contributed by atoms with Gasteiger partial charge in [-0.2, -0.15) is 0 Å². The highest BCUT2D eigenvalue weighted by atomic mass is 28.4. The Hall–Kier alpha value is 0.571. The average molecular weight is 348 g/mol. The molecule has 0 spiro atoms. The first kappa shape index (κ1) is 21.6. The molecular formula is C16H39O2Si3. The molecule has 0 fully saturated rings. The lowest BCUT2D eigenvalue weighted by molar-refractivity contribution is 0.375. The molecule has 0 saturated carbocycles. The van der Waals surface area contributed by atoms with Crippen molar-refractivity contribution in [1.82, 2.24) is 0 Å². The van der Waals surface area contributed by atoms with Crippen molar-refractivity contribution in [3.05, 3.63) is 0 Å². The minimum absolute atomic E-state index is 0.256. The zero-order chi connectivity index (χ0) is 17.1. The molecular weight excluding hydrogens is 308 g/mol. The lowest BCUT2D eigenvalue weighted by Gasteiger charge is -2.43. The molecule has 2 nitrogen and oxygen atoms in total. The third kappa shape index (κ3) is 6.69. The van der Waals surface area contributed by atoms with Gasteiger partial charge in [0.05, 0.1) is 0 Å². The Morgan fingerprint density at radius 3 is 1.33 bits per heavy atom. The lowest BCUT2D eigenvalue weighted by atomic mass is 10.2. The predicted molar refractivity (Wildman–Crippen MR) is 102 cm³/mol. The van der Waals surface area contributed by atoms with Crippen molar-refractivity contribution in [3.63, 3.8) is 0 Å². The van der Waals surface area contributed by atoms with Crippen LogP contribution in [0.5, 0.6) is 0 Å². The van der Waals surface area contributed by atoms with E-state index in [1.165, 1.54) is 12.8 Å². The van der Waals surface area contributed by atoms with E-state index in [0.29, 0.717) is 0 Å². The van der Waals surface area contributed by atoms with Gasteiger partial charge in [0.1, 0.15) is 0 Å². The van der Waals surface area contributed by atoms with Gasteiger partial charge < -0.3 is 8.23 Å². The molecule has 0 saturated heterocycles. The summed E-state index contributed by atoms with van der Waals surface area (Å²) in [5.74, 6) is 0. The van der Waals surface area contributed by atoms with Crippen LogP contribution in [0.1, 0.15) is 61.3 Å². The molecule has 0 aromatic heterocycles. The standard InChI is InChI=1S/C16H39O2Si3/c1-12-13-14-19(17-20(8,9)15(2,3)4)18-21(10,11)16(5,6)7/h12-14H2,1-11H3. The second-order valence-electron chi connectivity index (χ2n) is 9.20. The molecule has 21 heavy (non-hydrogen) atoms. The second kappa shape index (κ2) is 7.43. The van der Waals surface area contributed by atoms with E-state index < -0.39 is 25.9 Å². The van der Waals surface area contributed by atoms with E-state index >= 15 is 0 Å². The summed E-state index contributed by atoms with van der Waals surface area (Å²) in [5, 5.41) is 0.512. The van der Waals surface area contributed by atoms with E-state index in [-0.39, 0.29) is 10.1 Å². The molecule has 0 bridgehead atoms. The third-order valence-corrected chi connectivity index (χ3v) is 19.0.